The number of carbonyl (C=O) groups is 2. The van der Waals surface area contributed by atoms with Crippen LogP contribution in [0.4, 0.5) is 21.9 Å². The van der Waals surface area contributed by atoms with E-state index in [2.05, 4.69) is 4.72 Å². The summed E-state index contributed by atoms with van der Waals surface area (Å²) in [4.78, 5) is 28.9. The number of ether oxygens (including phenoxy) is 2. The van der Waals surface area contributed by atoms with Crippen LogP contribution in [-0.2, 0) is 24.3 Å². The Morgan fingerprint density at radius 3 is 2.44 bits per heavy atom. The molecule has 1 fully saturated rings. The largest absolute Gasteiger partial charge is 0.446 e. The van der Waals surface area contributed by atoms with E-state index in [4.69, 9.17) is 9.47 Å². The van der Waals surface area contributed by atoms with Gasteiger partial charge in [0.25, 0.3) is 0 Å². The molecule has 9 nitrogen and oxygen atoms in total. The quantitative estimate of drug-likeness (QED) is 0.707. The van der Waals surface area contributed by atoms with Crippen LogP contribution in [0.2, 0.25) is 0 Å². The second-order valence-electron chi connectivity index (χ2n) is 8.70. The zero-order chi connectivity index (χ0) is 24.5. The van der Waals surface area contributed by atoms with Crippen LogP contribution in [0.15, 0.2) is 42.5 Å². The molecule has 10 heteroatoms. The highest BCUT2D eigenvalue weighted by Crippen LogP contribution is 2.39. The maximum atomic E-state index is 13.2. The molecule has 0 radical (unpaired) electrons. The minimum atomic E-state index is -3.42. The fourth-order valence-electron chi connectivity index (χ4n) is 4.43. The smallest absolute Gasteiger partial charge is 0.414 e. The minimum absolute atomic E-state index is 0.113. The highest BCUT2D eigenvalue weighted by Gasteiger charge is 2.35. The van der Waals surface area contributed by atoms with Crippen molar-refractivity contribution in [1.82, 2.24) is 0 Å². The maximum Gasteiger partial charge on any atom is 0.414 e. The number of carbonyl (C=O) groups excluding carboxylic acids is 2. The first-order chi connectivity index (χ1) is 16.1. The van der Waals surface area contributed by atoms with Gasteiger partial charge < -0.3 is 14.4 Å². The molecule has 182 valence electrons. The first kappa shape index (κ1) is 24.0. The highest BCUT2D eigenvalue weighted by atomic mass is 32.2. The van der Waals surface area contributed by atoms with Crippen LogP contribution in [0.1, 0.15) is 26.7 Å². The summed E-state index contributed by atoms with van der Waals surface area (Å²) < 4.78 is 36.9. The number of fused-ring (bicyclic) bond motifs is 1. The molecular weight excluding hydrogens is 458 g/mol. The molecule has 0 bridgehead atoms. The topological polar surface area (TPSA) is 105 Å². The molecule has 1 atom stereocenters. The normalized spacial score (nSPS) is 18.9. The van der Waals surface area contributed by atoms with Crippen molar-refractivity contribution in [2.24, 2.45) is 0 Å². The minimum Gasteiger partial charge on any atom is -0.446 e. The molecule has 1 saturated heterocycles. The van der Waals surface area contributed by atoms with Gasteiger partial charge in [-0.3, -0.25) is 14.4 Å². The SMILES string of the molecule is CC(=O)N1c2ccc(-c3cccc(NS(C)(=O)=O)c3)cc2N(C(=O)OC2CCOCC2)C[C@@H]1C. The number of nitrogens with one attached hydrogen (secondary N) is 1. The van der Waals surface area contributed by atoms with E-state index in [-0.39, 0.29) is 18.1 Å². The van der Waals surface area contributed by atoms with E-state index in [0.29, 0.717) is 49.7 Å². The molecule has 0 aliphatic carbocycles. The average Bonchev–Trinajstić information content (AvgIpc) is 2.77. The van der Waals surface area contributed by atoms with Crippen LogP contribution in [0.3, 0.4) is 0 Å². The van der Waals surface area contributed by atoms with Crippen molar-refractivity contribution in [3.8, 4) is 11.1 Å². The lowest BCUT2D eigenvalue weighted by molar-refractivity contribution is -0.117. The van der Waals surface area contributed by atoms with Gasteiger partial charge in [0.2, 0.25) is 15.9 Å². The molecule has 0 aromatic heterocycles. The molecule has 2 aliphatic rings. The molecule has 0 unspecified atom stereocenters. The van der Waals surface area contributed by atoms with Crippen LogP contribution < -0.4 is 14.5 Å². The van der Waals surface area contributed by atoms with Crippen molar-refractivity contribution in [3.05, 3.63) is 42.5 Å². The van der Waals surface area contributed by atoms with E-state index in [1.54, 1.807) is 28.0 Å². The molecule has 0 saturated carbocycles. The lowest BCUT2D eigenvalue weighted by atomic mass is 10.0. The van der Waals surface area contributed by atoms with Crippen molar-refractivity contribution < 1.29 is 27.5 Å². The predicted octanol–water partition coefficient (Wildman–Crippen LogP) is 3.60. The fraction of sp³-hybridized carbons (Fsp3) is 0.417. The Kier molecular flexibility index (Phi) is 6.81. The molecule has 2 amide bonds. The average molecular weight is 488 g/mol. The van der Waals surface area contributed by atoms with Crippen molar-refractivity contribution >= 4 is 39.1 Å². The third kappa shape index (κ3) is 5.34. The third-order valence-electron chi connectivity index (χ3n) is 5.91. The van der Waals surface area contributed by atoms with Gasteiger partial charge in [-0.1, -0.05) is 18.2 Å². The van der Waals surface area contributed by atoms with Crippen molar-refractivity contribution in [1.29, 1.82) is 0 Å². The number of nitrogens with zero attached hydrogens (tertiary/aromatic N) is 2. The summed E-state index contributed by atoms with van der Waals surface area (Å²) >= 11 is 0. The Balaban J connectivity index is 1.71. The first-order valence-electron chi connectivity index (χ1n) is 11.2. The van der Waals surface area contributed by atoms with Gasteiger partial charge in [0.1, 0.15) is 6.10 Å². The number of sulfonamides is 1. The lowest BCUT2D eigenvalue weighted by Crippen LogP contribution is -2.52. The van der Waals surface area contributed by atoms with E-state index in [0.717, 1.165) is 17.4 Å². The second-order valence-corrected chi connectivity index (χ2v) is 10.5. The number of amides is 2. The molecule has 1 N–H and O–H groups in total. The molecule has 4 rings (SSSR count). The second kappa shape index (κ2) is 9.63. The third-order valence-corrected chi connectivity index (χ3v) is 6.51. The zero-order valence-corrected chi connectivity index (χ0v) is 20.3. The van der Waals surface area contributed by atoms with E-state index in [1.807, 2.05) is 31.2 Å². The molecule has 2 aromatic rings. The number of hydrogen-bond donors (Lipinski definition) is 1. The van der Waals surface area contributed by atoms with Gasteiger partial charge in [0.05, 0.1) is 36.9 Å². The van der Waals surface area contributed by atoms with Gasteiger partial charge in [-0.25, -0.2) is 13.2 Å². The van der Waals surface area contributed by atoms with Gasteiger partial charge in [-0.2, -0.15) is 0 Å². The Bertz CT molecular complexity index is 1190. The molecular formula is C24H29N3O6S. The van der Waals surface area contributed by atoms with Crippen LogP contribution in [0.25, 0.3) is 11.1 Å². The summed E-state index contributed by atoms with van der Waals surface area (Å²) in [5.74, 6) is -0.113. The van der Waals surface area contributed by atoms with Crippen LogP contribution >= 0.6 is 0 Å². The highest BCUT2D eigenvalue weighted by molar-refractivity contribution is 7.92. The van der Waals surface area contributed by atoms with Gasteiger partial charge in [-0.15, -0.1) is 0 Å². The summed E-state index contributed by atoms with van der Waals surface area (Å²) in [5.41, 5.74) is 3.18. The fourth-order valence-corrected chi connectivity index (χ4v) is 4.99. The van der Waals surface area contributed by atoms with Crippen LogP contribution in [0, 0.1) is 0 Å². The standard InChI is InChI=1S/C24H29N3O6S/c1-16-15-26(24(29)33-21-9-11-32-12-10-21)23-14-19(7-8-22(23)27(16)17(2)28)18-5-4-6-20(13-18)25-34(3,30)31/h4-8,13-14,16,21,25H,9-12,15H2,1-3H3/t16-/m0/s1. The lowest BCUT2D eigenvalue weighted by Gasteiger charge is -2.41. The van der Waals surface area contributed by atoms with E-state index in [1.165, 1.54) is 6.92 Å². The molecule has 34 heavy (non-hydrogen) atoms. The summed E-state index contributed by atoms with van der Waals surface area (Å²) in [7, 11) is -3.42. The molecule has 2 heterocycles. The number of anilines is 3. The monoisotopic (exact) mass is 487 g/mol. The summed E-state index contributed by atoms with van der Waals surface area (Å²) in [6.07, 6.45) is 1.75. The summed E-state index contributed by atoms with van der Waals surface area (Å²) in [6.45, 7) is 4.82. The Morgan fingerprint density at radius 2 is 1.76 bits per heavy atom. The number of hydrogen-bond acceptors (Lipinski definition) is 6. The van der Waals surface area contributed by atoms with Crippen LogP contribution in [0.5, 0.6) is 0 Å². The van der Waals surface area contributed by atoms with Crippen molar-refractivity contribution in [2.45, 2.75) is 38.8 Å². The summed E-state index contributed by atoms with van der Waals surface area (Å²) in [5, 5.41) is 0. The number of rotatable bonds is 4. The zero-order valence-electron chi connectivity index (χ0n) is 19.5. The van der Waals surface area contributed by atoms with Gasteiger partial charge in [0.15, 0.2) is 0 Å². The van der Waals surface area contributed by atoms with Crippen molar-refractivity contribution in [2.75, 3.05) is 40.5 Å². The first-order valence-corrected chi connectivity index (χ1v) is 13.1. The van der Waals surface area contributed by atoms with E-state index in [9.17, 15) is 18.0 Å². The number of benzene rings is 2. The molecule has 2 aliphatic heterocycles. The van der Waals surface area contributed by atoms with E-state index >= 15 is 0 Å². The molecule has 0 spiro atoms. The van der Waals surface area contributed by atoms with Gasteiger partial charge >= 0.3 is 6.09 Å². The van der Waals surface area contributed by atoms with Crippen LogP contribution in [-0.4, -0.2) is 58.6 Å². The van der Waals surface area contributed by atoms with Gasteiger partial charge in [-0.05, 0) is 42.3 Å². The predicted molar refractivity (Wildman–Crippen MR) is 131 cm³/mol. The maximum absolute atomic E-state index is 13.2. The van der Waals surface area contributed by atoms with Crippen molar-refractivity contribution in [3.63, 3.8) is 0 Å². The Morgan fingerprint density at radius 1 is 1.06 bits per heavy atom. The summed E-state index contributed by atoms with van der Waals surface area (Å²) in [6, 6.07) is 12.3. The molecule has 2 aromatic carbocycles. The van der Waals surface area contributed by atoms with E-state index < -0.39 is 16.1 Å². The van der Waals surface area contributed by atoms with Gasteiger partial charge in [0, 0.05) is 32.0 Å². The Hall–Kier alpha value is -3.11. The Labute approximate surface area is 199 Å².